The first-order chi connectivity index (χ1) is 26.2. The molecule has 1 saturated carbocycles. The molecule has 2 aromatic carbocycles. The molecule has 1 aliphatic carbocycles. The highest BCUT2D eigenvalue weighted by molar-refractivity contribution is 5.85. The molecule has 0 unspecified atom stereocenters. The quantitative estimate of drug-likeness (QED) is 0.0917. The van der Waals surface area contributed by atoms with Gasteiger partial charge in [-0.15, -0.1) is 12.4 Å². The highest BCUT2D eigenvalue weighted by atomic mass is 35.5. The Hall–Kier alpha value is -5.71. The number of nitrogens with one attached hydrogen (secondary N) is 4. The fraction of sp³-hybridized carbons (Fsp3) is 0.368. The van der Waals surface area contributed by atoms with Crippen LogP contribution in [-0.4, -0.2) is 101 Å². The van der Waals surface area contributed by atoms with Crippen molar-refractivity contribution in [2.45, 2.75) is 69.0 Å². The zero-order valence-electron chi connectivity index (χ0n) is 30.1. The predicted octanol–water partition coefficient (Wildman–Crippen LogP) is 2.94. The van der Waals surface area contributed by atoms with Gasteiger partial charge in [0.25, 0.3) is 0 Å². The Kier molecular flexibility index (Phi) is 12.2. The van der Waals surface area contributed by atoms with E-state index in [1.165, 1.54) is 0 Å². The molecule has 17 heteroatoms. The van der Waals surface area contributed by atoms with Gasteiger partial charge >= 0.3 is 6.03 Å². The lowest BCUT2D eigenvalue weighted by Gasteiger charge is -2.22. The van der Waals surface area contributed by atoms with E-state index in [1.807, 2.05) is 41.3 Å². The first-order valence-electron chi connectivity index (χ1n) is 18.1. The van der Waals surface area contributed by atoms with Crippen molar-refractivity contribution in [1.29, 1.82) is 0 Å². The highest BCUT2D eigenvalue weighted by Crippen LogP contribution is 2.36. The molecule has 8 N–H and O–H groups in total. The fourth-order valence-electron chi connectivity index (χ4n) is 7.17. The topological polar surface area (TPSA) is 223 Å². The molecule has 1 saturated heterocycles. The molecule has 0 spiro atoms. The predicted molar refractivity (Wildman–Crippen MR) is 207 cm³/mol. The normalized spacial score (nSPS) is 20.7. The van der Waals surface area contributed by atoms with Gasteiger partial charge in [-0.25, -0.2) is 9.78 Å². The number of rotatable bonds is 12. The molecule has 290 valence electrons. The third kappa shape index (κ3) is 8.82. The van der Waals surface area contributed by atoms with Gasteiger partial charge in [0, 0.05) is 57.0 Å². The van der Waals surface area contributed by atoms with Crippen molar-refractivity contribution in [3.05, 3.63) is 96.1 Å². The molecule has 7 rings (SSSR count). The van der Waals surface area contributed by atoms with Gasteiger partial charge in [0.1, 0.15) is 23.7 Å². The summed E-state index contributed by atoms with van der Waals surface area (Å²) in [5.74, 6) is 0.667. The lowest BCUT2D eigenvalue weighted by molar-refractivity contribution is -0.122. The van der Waals surface area contributed by atoms with E-state index in [-0.39, 0.29) is 60.6 Å². The number of amides is 3. The van der Waals surface area contributed by atoms with Crippen molar-refractivity contribution in [3.63, 3.8) is 0 Å². The monoisotopic (exact) mass is 772 g/mol. The Labute approximate surface area is 323 Å². The van der Waals surface area contributed by atoms with Crippen LogP contribution >= 0.6 is 12.4 Å². The number of aromatic nitrogens is 5. The van der Waals surface area contributed by atoms with Gasteiger partial charge in [0.2, 0.25) is 11.9 Å². The summed E-state index contributed by atoms with van der Waals surface area (Å²) in [6.07, 6.45) is 3.72. The number of nitrogens with zero attached hydrogens (tertiary/aromatic N) is 6. The van der Waals surface area contributed by atoms with Crippen LogP contribution in [0, 0.1) is 0 Å². The molecule has 55 heavy (non-hydrogen) atoms. The zero-order valence-corrected chi connectivity index (χ0v) is 30.9. The zero-order chi connectivity index (χ0) is 37.8. The van der Waals surface area contributed by atoms with Gasteiger partial charge in [-0.3, -0.25) is 9.78 Å². The number of hydrogen-bond donors (Lipinski definition) is 8. The molecule has 3 aromatic heterocycles. The molecule has 2 fully saturated rings. The molecule has 16 nitrogen and oxygen atoms in total. The summed E-state index contributed by atoms with van der Waals surface area (Å²) < 4.78 is 1.73. The summed E-state index contributed by atoms with van der Waals surface area (Å²) in [5, 5.41) is 54.3. The van der Waals surface area contributed by atoms with Gasteiger partial charge in [-0.1, -0.05) is 37.3 Å². The van der Waals surface area contributed by atoms with E-state index in [1.54, 1.807) is 54.5 Å². The van der Waals surface area contributed by atoms with Crippen molar-refractivity contribution in [1.82, 2.24) is 40.5 Å². The van der Waals surface area contributed by atoms with Crippen molar-refractivity contribution in [2.24, 2.45) is 0 Å². The van der Waals surface area contributed by atoms with E-state index >= 15 is 0 Å². The molecular formula is C38H45ClN10O6. The molecule has 0 radical (unpaired) electrons. The molecule has 2 aliphatic rings. The average Bonchev–Trinajstić information content (AvgIpc) is 3.90. The van der Waals surface area contributed by atoms with Gasteiger partial charge in [-0.2, -0.15) is 9.97 Å². The van der Waals surface area contributed by atoms with E-state index in [0.717, 1.165) is 16.7 Å². The summed E-state index contributed by atoms with van der Waals surface area (Å²) in [6, 6.07) is 15.8. The number of phenolic OH excluding ortho intramolecular Hbond substituents is 2. The first-order valence-corrected chi connectivity index (χ1v) is 18.1. The number of urea groups is 1. The molecule has 1 aliphatic heterocycles. The summed E-state index contributed by atoms with van der Waals surface area (Å²) >= 11 is 0. The minimum absolute atomic E-state index is 0. The minimum atomic E-state index is -1.20. The number of aliphatic hydroxyl groups excluding tert-OH is 2. The van der Waals surface area contributed by atoms with Crippen LogP contribution in [0.2, 0.25) is 0 Å². The van der Waals surface area contributed by atoms with E-state index in [2.05, 4.69) is 31.2 Å². The van der Waals surface area contributed by atoms with Crippen LogP contribution in [0.1, 0.15) is 54.8 Å². The number of fused-ring (bicyclic) bond motifs is 1. The van der Waals surface area contributed by atoms with Gasteiger partial charge in [0.15, 0.2) is 17.0 Å². The smallest absolute Gasteiger partial charge is 0.315 e. The number of hydrogen-bond acceptors (Lipinski definition) is 12. The van der Waals surface area contributed by atoms with Crippen LogP contribution in [0.5, 0.6) is 11.5 Å². The number of aliphatic hydroxyl groups is 2. The summed E-state index contributed by atoms with van der Waals surface area (Å²) in [7, 11) is 0. The first kappa shape index (κ1) is 39.0. The second kappa shape index (κ2) is 17.2. The van der Waals surface area contributed by atoms with Crippen LogP contribution < -0.4 is 26.2 Å². The third-order valence-corrected chi connectivity index (χ3v) is 10.1. The fourth-order valence-corrected chi connectivity index (χ4v) is 7.17. The van der Waals surface area contributed by atoms with E-state index < -0.39 is 24.3 Å². The van der Waals surface area contributed by atoms with E-state index in [9.17, 15) is 30.0 Å². The second-order valence-corrected chi connectivity index (χ2v) is 13.7. The van der Waals surface area contributed by atoms with Crippen LogP contribution in [-0.2, 0) is 11.3 Å². The number of phenols is 2. The number of halogens is 1. The second-order valence-electron chi connectivity index (χ2n) is 13.7. The number of aromatic hydroxyl groups is 2. The maximum Gasteiger partial charge on any atom is 0.315 e. The molecule has 5 aromatic rings. The summed E-state index contributed by atoms with van der Waals surface area (Å²) in [5.41, 5.74) is 3.59. The molecule has 3 amide bonds. The average molecular weight is 773 g/mol. The minimum Gasteiger partial charge on any atom is -0.508 e. The Bertz CT molecular complexity index is 2030. The molecule has 0 bridgehead atoms. The summed E-state index contributed by atoms with van der Waals surface area (Å²) in [6.45, 7) is 3.42. The summed E-state index contributed by atoms with van der Waals surface area (Å²) in [4.78, 5) is 45.6. The van der Waals surface area contributed by atoms with Crippen molar-refractivity contribution >= 4 is 47.3 Å². The number of carbonyl (C=O) groups is 2. The standard InChI is InChI=1S/C38H44N10O6.ClH/c1-2-31(51)44-29-16-30(34(53)33(29)52)48-21-42-32-35(40-19-28(23-5-9-26(49)10-6-23)24-7-11-27(50)12-8-24)45-37(46-36(32)48)47-15-13-25(20-47)43-38(54)41-18-22-4-3-14-39-17-22;/h3-12,14,17,21,25,28-30,33-34,49-50,52-53H,2,13,15-16,18-20H2,1H3,(H,44,51)(H,40,45,46)(H2,41,43,54);1H/t25-,29+,30-,33-,34+;/m1./s1. The van der Waals surface area contributed by atoms with Crippen LogP contribution in [0.25, 0.3) is 11.2 Å². The van der Waals surface area contributed by atoms with Crippen LogP contribution in [0.3, 0.4) is 0 Å². The van der Waals surface area contributed by atoms with Gasteiger partial charge in [-0.05, 0) is 59.9 Å². The third-order valence-electron chi connectivity index (χ3n) is 10.1. The van der Waals surface area contributed by atoms with Crippen molar-refractivity contribution < 1.29 is 30.0 Å². The maximum absolute atomic E-state index is 12.8. The number of carbonyl (C=O) groups excluding carboxylic acids is 2. The van der Waals surface area contributed by atoms with Gasteiger partial charge in [0.05, 0.1) is 18.4 Å². The lowest BCUT2D eigenvalue weighted by Crippen LogP contribution is -2.43. The Morgan fingerprint density at radius 1 is 0.945 bits per heavy atom. The molecule has 5 atom stereocenters. The van der Waals surface area contributed by atoms with E-state index in [0.29, 0.717) is 55.5 Å². The Morgan fingerprint density at radius 3 is 2.31 bits per heavy atom. The number of benzene rings is 2. The van der Waals surface area contributed by atoms with Crippen LogP contribution in [0.15, 0.2) is 79.4 Å². The largest absolute Gasteiger partial charge is 0.508 e. The highest BCUT2D eigenvalue weighted by Gasteiger charge is 2.44. The number of anilines is 2. The lowest BCUT2D eigenvalue weighted by atomic mass is 9.91. The van der Waals surface area contributed by atoms with E-state index in [4.69, 9.17) is 9.97 Å². The maximum atomic E-state index is 12.8. The molecule has 4 heterocycles. The van der Waals surface area contributed by atoms with Crippen LogP contribution in [0.4, 0.5) is 16.6 Å². The van der Waals surface area contributed by atoms with Crippen molar-refractivity contribution in [3.8, 4) is 11.5 Å². The Balaban J connectivity index is 0.00000514. The number of pyridine rings is 1. The van der Waals surface area contributed by atoms with Crippen molar-refractivity contribution in [2.75, 3.05) is 29.9 Å². The molecular weight excluding hydrogens is 728 g/mol. The SMILES string of the molecule is CCC(=O)N[C@H]1C[C@@H](n2cnc3c(NCC(c4ccc(O)cc4)c4ccc(O)cc4)nc(N4CC[C@@H](NC(=O)NCc5cccnc5)C4)nc32)[C@H](O)[C@@H]1O.Cl. The number of imidazole rings is 1. The Morgan fingerprint density at radius 2 is 1.65 bits per heavy atom. The van der Waals surface area contributed by atoms with Gasteiger partial charge < -0.3 is 51.2 Å².